The van der Waals surface area contributed by atoms with Gasteiger partial charge in [0.1, 0.15) is 5.75 Å². The van der Waals surface area contributed by atoms with Gasteiger partial charge in [-0.25, -0.2) is 0 Å². The smallest absolute Gasteiger partial charge is 0.387 e. The van der Waals surface area contributed by atoms with Gasteiger partial charge in [0.05, 0.1) is 11.4 Å². The van der Waals surface area contributed by atoms with Gasteiger partial charge in [0.25, 0.3) is 5.91 Å². The fourth-order valence-electron chi connectivity index (χ4n) is 2.77. The number of alkyl halides is 2. The summed E-state index contributed by atoms with van der Waals surface area (Å²) in [4.78, 5) is 24.3. The number of unbranched alkanes of at least 4 members (excludes halogenated alkanes) is 1. The third-order valence-corrected chi connectivity index (χ3v) is 5.29. The number of aromatic nitrogens is 4. The van der Waals surface area contributed by atoms with Crippen LogP contribution in [0.25, 0.3) is 5.69 Å². The average molecular weight is 461 g/mol. The molecule has 0 saturated heterocycles. The molecule has 1 heterocycles. The quantitative estimate of drug-likeness (QED) is 0.460. The second-order valence-electron chi connectivity index (χ2n) is 6.71. The van der Waals surface area contributed by atoms with Crippen molar-refractivity contribution in [3.05, 3.63) is 59.7 Å². The maximum Gasteiger partial charge on any atom is 0.387 e. The number of thioether (sulfide) groups is 1. The van der Waals surface area contributed by atoms with Crippen LogP contribution in [0.2, 0.25) is 0 Å². The van der Waals surface area contributed by atoms with E-state index in [0.29, 0.717) is 5.16 Å². The lowest BCUT2D eigenvalue weighted by Crippen LogP contribution is -2.31. The molecule has 2 aromatic carbocycles. The van der Waals surface area contributed by atoms with E-state index in [1.54, 1.807) is 0 Å². The van der Waals surface area contributed by atoms with Crippen molar-refractivity contribution in [2.45, 2.75) is 38.0 Å². The molecule has 0 spiro atoms. The summed E-state index contributed by atoms with van der Waals surface area (Å²) in [5.74, 6) is -1.37. The lowest BCUT2D eigenvalue weighted by atomic mass is 10.1. The molecular formula is C21H21F2N5O3S. The van der Waals surface area contributed by atoms with E-state index in [4.69, 9.17) is 0 Å². The molecule has 0 bridgehead atoms. The van der Waals surface area contributed by atoms with Crippen molar-refractivity contribution >= 4 is 23.6 Å². The van der Waals surface area contributed by atoms with Gasteiger partial charge in [-0.1, -0.05) is 37.2 Å². The first-order valence-electron chi connectivity index (χ1n) is 9.86. The normalized spacial score (nSPS) is 10.9. The maximum atomic E-state index is 12.2. The Hall–Kier alpha value is -3.34. The number of carbonyl (C=O) groups is 2. The van der Waals surface area contributed by atoms with E-state index < -0.39 is 18.4 Å². The molecule has 0 aliphatic heterocycles. The van der Waals surface area contributed by atoms with Crippen molar-refractivity contribution < 1.29 is 23.1 Å². The van der Waals surface area contributed by atoms with Crippen molar-refractivity contribution in [1.29, 1.82) is 0 Å². The molecule has 11 heteroatoms. The van der Waals surface area contributed by atoms with Gasteiger partial charge in [0.15, 0.2) is 0 Å². The highest BCUT2D eigenvalue weighted by molar-refractivity contribution is 7.99. The van der Waals surface area contributed by atoms with E-state index in [0.717, 1.165) is 36.7 Å². The Labute approximate surface area is 187 Å². The molecule has 0 atom stereocenters. The Bertz CT molecular complexity index is 1040. The Morgan fingerprint density at radius 2 is 1.84 bits per heavy atom. The minimum atomic E-state index is -2.95. The van der Waals surface area contributed by atoms with Crippen molar-refractivity contribution in [2.75, 3.05) is 5.75 Å². The average Bonchev–Trinajstić information content (AvgIpc) is 3.25. The maximum absolute atomic E-state index is 12.2. The predicted molar refractivity (Wildman–Crippen MR) is 114 cm³/mol. The van der Waals surface area contributed by atoms with Crippen LogP contribution in [0.4, 0.5) is 8.78 Å². The van der Waals surface area contributed by atoms with Gasteiger partial charge >= 0.3 is 6.61 Å². The number of hydrogen-bond donors (Lipinski definition) is 1. The molecule has 0 saturated carbocycles. The number of aryl methyl sites for hydroxylation is 1. The van der Waals surface area contributed by atoms with Crippen molar-refractivity contribution in [1.82, 2.24) is 25.5 Å². The lowest BCUT2D eigenvalue weighted by molar-refractivity contribution is -0.117. The monoisotopic (exact) mass is 461 g/mol. The van der Waals surface area contributed by atoms with Gasteiger partial charge in [0.2, 0.25) is 11.1 Å². The van der Waals surface area contributed by atoms with E-state index in [-0.39, 0.29) is 17.1 Å². The molecule has 1 aromatic heterocycles. The number of ether oxygens (including phenoxy) is 1. The van der Waals surface area contributed by atoms with Gasteiger partial charge in [-0.3, -0.25) is 14.9 Å². The molecule has 0 aliphatic carbocycles. The molecule has 1 N–H and O–H groups in total. The number of tetrazole rings is 1. The van der Waals surface area contributed by atoms with Crippen molar-refractivity contribution in [2.24, 2.45) is 0 Å². The number of halogens is 2. The Balaban J connectivity index is 1.54. The highest BCUT2D eigenvalue weighted by Gasteiger charge is 2.15. The van der Waals surface area contributed by atoms with E-state index in [9.17, 15) is 18.4 Å². The Kier molecular flexibility index (Phi) is 8.26. The van der Waals surface area contributed by atoms with Crippen molar-refractivity contribution in [3.63, 3.8) is 0 Å². The van der Waals surface area contributed by atoms with E-state index in [1.165, 1.54) is 34.5 Å². The van der Waals surface area contributed by atoms with Gasteiger partial charge < -0.3 is 4.74 Å². The van der Waals surface area contributed by atoms with Gasteiger partial charge in [-0.15, -0.1) is 5.10 Å². The van der Waals surface area contributed by atoms with Gasteiger partial charge in [0, 0.05) is 5.56 Å². The fraction of sp³-hybridized carbons (Fsp3) is 0.286. The number of benzene rings is 2. The third kappa shape index (κ3) is 6.58. The molecule has 0 fully saturated rings. The van der Waals surface area contributed by atoms with Crippen LogP contribution in [0.1, 0.15) is 35.7 Å². The summed E-state index contributed by atoms with van der Waals surface area (Å²) in [7, 11) is 0. The molecule has 0 aliphatic rings. The topological polar surface area (TPSA) is 99.0 Å². The van der Waals surface area contributed by atoms with Crippen LogP contribution in [0.3, 0.4) is 0 Å². The van der Waals surface area contributed by atoms with E-state index in [1.807, 2.05) is 24.3 Å². The number of amides is 2. The van der Waals surface area contributed by atoms with E-state index >= 15 is 0 Å². The fourth-order valence-corrected chi connectivity index (χ4v) is 3.46. The molecule has 8 nitrogen and oxygen atoms in total. The number of rotatable bonds is 10. The molecule has 2 amide bonds. The standard InChI is InChI=1S/C21H21F2N5O3S/c1-2-3-4-14-5-9-16(10-6-14)28-21(25-26-27-28)32-13-18(29)24-19(30)15-7-11-17(12-8-15)31-20(22)23/h5-12,20H,2-4,13H2,1H3,(H,24,29,30). The molecule has 0 radical (unpaired) electrons. The number of imide groups is 1. The summed E-state index contributed by atoms with van der Waals surface area (Å²) < 4.78 is 30.1. The minimum absolute atomic E-state index is 0.0799. The molecule has 32 heavy (non-hydrogen) atoms. The van der Waals surface area contributed by atoms with Gasteiger partial charge in [-0.2, -0.15) is 13.5 Å². The van der Waals surface area contributed by atoms with E-state index in [2.05, 4.69) is 32.5 Å². The number of nitrogens with one attached hydrogen (secondary N) is 1. The molecule has 3 rings (SSSR count). The molecule has 3 aromatic rings. The highest BCUT2D eigenvalue weighted by Crippen LogP contribution is 2.19. The first-order chi connectivity index (χ1) is 15.5. The molecule has 168 valence electrons. The zero-order valence-electron chi connectivity index (χ0n) is 17.2. The van der Waals surface area contributed by atoms with Crippen LogP contribution in [-0.4, -0.2) is 44.4 Å². The first-order valence-corrected chi connectivity index (χ1v) is 10.8. The number of nitrogens with zero attached hydrogens (tertiary/aromatic N) is 4. The second kappa shape index (κ2) is 11.3. The third-order valence-electron chi connectivity index (χ3n) is 4.37. The lowest BCUT2D eigenvalue weighted by Gasteiger charge is -2.07. The predicted octanol–water partition coefficient (Wildman–Crippen LogP) is 3.66. The SMILES string of the molecule is CCCCc1ccc(-n2nnnc2SCC(=O)NC(=O)c2ccc(OC(F)F)cc2)cc1. The van der Waals surface area contributed by atoms with Crippen LogP contribution in [0, 0.1) is 0 Å². The van der Waals surface area contributed by atoms with Crippen LogP contribution < -0.4 is 10.1 Å². The minimum Gasteiger partial charge on any atom is -0.435 e. The summed E-state index contributed by atoms with van der Waals surface area (Å²) in [5, 5.41) is 14.2. The Morgan fingerprint density at radius 1 is 1.12 bits per heavy atom. The first kappa shape index (κ1) is 23.3. The molecule has 0 unspecified atom stereocenters. The highest BCUT2D eigenvalue weighted by atomic mass is 32.2. The summed E-state index contributed by atoms with van der Waals surface area (Å²) in [6.45, 7) is -0.812. The summed E-state index contributed by atoms with van der Waals surface area (Å²) in [6.07, 6.45) is 3.25. The van der Waals surface area contributed by atoms with Gasteiger partial charge in [-0.05, 0) is 65.2 Å². The largest absolute Gasteiger partial charge is 0.435 e. The second-order valence-corrected chi connectivity index (χ2v) is 7.65. The summed E-state index contributed by atoms with van der Waals surface area (Å²) >= 11 is 1.08. The van der Waals surface area contributed by atoms with Crippen LogP contribution >= 0.6 is 11.8 Å². The summed E-state index contributed by atoms with van der Waals surface area (Å²) in [6, 6.07) is 12.9. The molecular weight excluding hydrogens is 440 g/mol. The van der Waals surface area contributed by atoms with Crippen LogP contribution in [0.5, 0.6) is 5.75 Å². The van der Waals surface area contributed by atoms with Crippen molar-refractivity contribution in [3.8, 4) is 11.4 Å². The summed E-state index contributed by atoms with van der Waals surface area (Å²) in [5.41, 5.74) is 2.13. The zero-order valence-corrected chi connectivity index (χ0v) is 18.0. The van der Waals surface area contributed by atoms with Crippen LogP contribution in [0.15, 0.2) is 53.7 Å². The zero-order chi connectivity index (χ0) is 22.9. The number of hydrogen-bond acceptors (Lipinski definition) is 7. The van der Waals surface area contributed by atoms with Crippen LogP contribution in [-0.2, 0) is 11.2 Å². The Morgan fingerprint density at radius 3 is 2.50 bits per heavy atom. The number of carbonyl (C=O) groups excluding carboxylic acids is 2.